The number of nitrogens with one attached hydrogen (secondary N) is 2. The van der Waals surface area contributed by atoms with Gasteiger partial charge in [-0.3, -0.25) is 0 Å². The number of aromatic amines is 1. The van der Waals surface area contributed by atoms with Crippen LogP contribution in [0.3, 0.4) is 0 Å². The van der Waals surface area contributed by atoms with E-state index in [-0.39, 0.29) is 5.75 Å². The first-order chi connectivity index (χ1) is 15.1. The van der Waals surface area contributed by atoms with Crippen LogP contribution >= 0.6 is 11.3 Å². The molecule has 5 rings (SSSR count). The fourth-order valence-corrected chi connectivity index (χ4v) is 7.30. The number of nitrogens with zero attached hydrogens (tertiary/aromatic N) is 1. The third kappa shape index (κ3) is 4.60. The summed E-state index contributed by atoms with van der Waals surface area (Å²) in [5, 5.41) is 6.82. The van der Waals surface area contributed by atoms with Gasteiger partial charge >= 0.3 is 0 Å². The maximum Gasteiger partial charge on any atom is 0.215 e. The van der Waals surface area contributed by atoms with Crippen molar-refractivity contribution in [3.8, 4) is 10.4 Å². The highest BCUT2D eigenvalue weighted by atomic mass is 32.2. The Bertz CT molecular complexity index is 1110. The second-order valence-electron chi connectivity index (χ2n) is 8.91. The molecular formula is C24H31N3O2S2. The van der Waals surface area contributed by atoms with E-state index in [0.29, 0.717) is 31.6 Å². The lowest BCUT2D eigenvalue weighted by atomic mass is 9.89. The Balaban J connectivity index is 1.23. The van der Waals surface area contributed by atoms with Crippen LogP contribution < -0.4 is 5.32 Å². The van der Waals surface area contributed by atoms with Gasteiger partial charge in [-0.05, 0) is 66.3 Å². The zero-order chi connectivity index (χ0) is 21.3. The van der Waals surface area contributed by atoms with E-state index < -0.39 is 10.0 Å². The van der Waals surface area contributed by atoms with Crippen LogP contribution in [0.5, 0.6) is 0 Å². The molecule has 0 radical (unpaired) electrons. The molecule has 166 valence electrons. The molecule has 7 heteroatoms. The van der Waals surface area contributed by atoms with Crippen molar-refractivity contribution in [2.24, 2.45) is 0 Å². The molecule has 0 bridgehead atoms. The number of hydrogen-bond donors (Lipinski definition) is 2. The molecule has 1 aliphatic carbocycles. The number of rotatable bonds is 7. The Labute approximate surface area is 188 Å². The molecule has 0 amide bonds. The highest BCUT2D eigenvalue weighted by Gasteiger charge is 2.29. The van der Waals surface area contributed by atoms with Gasteiger partial charge in [0.2, 0.25) is 10.0 Å². The second-order valence-corrected chi connectivity index (χ2v) is 11.9. The van der Waals surface area contributed by atoms with E-state index >= 15 is 0 Å². The van der Waals surface area contributed by atoms with Crippen LogP contribution in [0.2, 0.25) is 0 Å². The van der Waals surface area contributed by atoms with Gasteiger partial charge in [-0.15, -0.1) is 11.3 Å². The summed E-state index contributed by atoms with van der Waals surface area (Å²) < 4.78 is 27.4. The summed E-state index contributed by atoms with van der Waals surface area (Å²) >= 11 is 1.76. The van der Waals surface area contributed by atoms with E-state index in [2.05, 4.69) is 52.2 Å². The van der Waals surface area contributed by atoms with E-state index in [4.69, 9.17) is 0 Å². The number of hydrogen-bond acceptors (Lipinski definition) is 4. The lowest BCUT2D eigenvalue weighted by molar-refractivity contribution is 0.320. The third-order valence-electron chi connectivity index (χ3n) is 6.95. The number of fused-ring (bicyclic) bond motifs is 1. The molecule has 0 atom stereocenters. The van der Waals surface area contributed by atoms with E-state index in [1.54, 1.807) is 15.6 Å². The first-order valence-electron chi connectivity index (χ1n) is 11.5. The van der Waals surface area contributed by atoms with E-state index in [0.717, 1.165) is 18.4 Å². The summed E-state index contributed by atoms with van der Waals surface area (Å²) in [5.74, 6) is 0.612. The van der Waals surface area contributed by atoms with Gasteiger partial charge in [-0.1, -0.05) is 25.0 Å². The normalized spacial score (nSPS) is 19.5. The maximum atomic E-state index is 12.8. The SMILES string of the molecule is O=S(=O)(CCNC1CCCC1)N1CCC(c2c[nH]c3ccc(-c4cccs4)cc23)CC1. The Kier molecular flexibility index (Phi) is 6.19. The van der Waals surface area contributed by atoms with Gasteiger partial charge in [0.25, 0.3) is 0 Å². The summed E-state index contributed by atoms with van der Waals surface area (Å²) in [6, 6.07) is 11.4. The molecule has 1 saturated carbocycles. The second kappa shape index (κ2) is 9.06. The fraction of sp³-hybridized carbons (Fsp3) is 0.500. The van der Waals surface area contributed by atoms with Crippen molar-refractivity contribution in [3.05, 3.63) is 47.5 Å². The van der Waals surface area contributed by atoms with Crippen LogP contribution in [-0.2, 0) is 10.0 Å². The average Bonchev–Trinajstić information content (AvgIpc) is 3.54. The van der Waals surface area contributed by atoms with Crippen LogP contribution in [0.25, 0.3) is 21.3 Å². The molecule has 5 nitrogen and oxygen atoms in total. The number of aromatic nitrogens is 1. The number of H-pyrrole nitrogens is 1. The average molecular weight is 458 g/mol. The minimum atomic E-state index is -3.18. The number of thiophene rings is 1. The molecule has 2 aromatic heterocycles. The van der Waals surface area contributed by atoms with Gasteiger partial charge < -0.3 is 10.3 Å². The molecule has 2 aliphatic rings. The van der Waals surface area contributed by atoms with Crippen LogP contribution in [-0.4, -0.2) is 49.1 Å². The lowest BCUT2D eigenvalue weighted by Gasteiger charge is -2.31. The number of sulfonamides is 1. The fourth-order valence-electron chi connectivity index (χ4n) is 5.17. The first kappa shape index (κ1) is 21.2. The molecule has 1 aliphatic heterocycles. The van der Waals surface area contributed by atoms with Crippen LogP contribution in [0.1, 0.15) is 50.0 Å². The van der Waals surface area contributed by atoms with Crippen molar-refractivity contribution in [1.82, 2.24) is 14.6 Å². The Morgan fingerprint density at radius 3 is 2.65 bits per heavy atom. The van der Waals surface area contributed by atoms with Gasteiger partial charge in [0.1, 0.15) is 0 Å². The predicted molar refractivity (Wildman–Crippen MR) is 129 cm³/mol. The molecule has 2 N–H and O–H groups in total. The van der Waals surface area contributed by atoms with Crippen molar-refractivity contribution in [2.45, 2.75) is 50.5 Å². The minimum absolute atomic E-state index is 0.214. The van der Waals surface area contributed by atoms with Crippen molar-refractivity contribution in [1.29, 1.82) is 0 Å². The predicted octanol–water partition coefficient (Wildman–Crippen LogP) is 4.94. The summed E-state index contributed by atoms with van der Waals surface area (Å²) in [4.78, 5) is 4.70. The zero-order valence-electron chi connectivity index (χ0n) is 17.8. The lowest BCUT2D eigenvalue weighted by Crippen LogP contribution is -2.42. The molecule has 3 aromatic rings. The number of benzene rings is 1. The smallest absolute Gasteiger partial charge is 0.215 e. The minimum Gasteiger partial charge on any atom is -0.361 e. The molecule has 31 heavy (non-hydrogen) atoms. The topological polar surface area (TPSA) is 65.2 Å². The van der Waals surface area contributed by atoms with E-state index in [9.17, 15) is 8.42 Å². The van der Waals surface area contributed by atoms with E-state index in [1.807, 2.05) is 0 Å². The molecule has 0 spiro atoms. The molecule has 0 unspecified atom stereocenters. The van der Waals surface area contributed by atoms with Gasteiger partial charge in [0, 0.05) is 47.7 Å². The van der Waals surface area contributed by atoms with Gasteiger partial charge in [0.05, 0.1) is 5.75 Å². The van der Waals surface area contributed by atoms with Crippen molar-refractivity contribution in [2.75, 3.05) is 25.4 Å². The summed E-state index contributed by atoms with van der Waals surface area (Å²) in [6.07, 6.45) is 8.79. The highest BCUT2D eigenvalue weighted by molar-refractivity contribution is 7.89. The molecule has 2 fully saturated rings. The Morgan fingerprint density at radius 1 is 1.10 bits per heavy atom. The largest absolute Gasteiger partial charge is 0.361 e. The highest BCUT2D eigenvalue weighted by Crippen LogP contribution is 2.36. The summed E-state index contributed by atoms with van der Waals surface area (Å²) in [7, 11) is -3.18. The number of piperidine rings is 1. The van der Waals surface area contributed by atoms with Crippen LogP contribution in [0.4, 0.5) is 0 Å². The Hall–Kier alpha value is -1.67. The standard InChI is InChI=1S/C24H31N3O2S2/c28-31(29,15-11-25-20-4-1-2-5-20)27-12-9-18(10-13-27)22-17-26-23-8-7-19(16-21(22)23)24-6-3-14-30-24/h3,6-8,14,16-18,20,25-26H,1-2,4-5,9-13,15H2. The van der Waals surface area contributed by atoms with Gasteiger partial charge in [-0.25, -0.2) is 12.7 Å². The third-order valence-corrected chi connectivity index (χ3v) is 9.75. The van der Waals surface area contributed by atoms with Crippen molar-refractivity contribution >= 4 is 32.3 Å². The quantitative estimate of drug-likeness (QED) is 0.528. The zero-order valence-corrected chi connectivity index (χ0v) is 19.5. The summed E-state index contributed by atoms with van der Waals surface area (Å²) in [5.41, 5.74) is 3.73. The van der Waals surface area contributed by atoms with Gasteiger partial charge in [0.15, 0.2) is 0 Å². The molecule has 3 heterocycles. The maximum absolute atomic E-state index is 12.8. The van der Waals surface area contributed by atoms with Gasteiger partial charge in [-0.2, -0.15) is 0 Å². The molecule has 1 saturated heterocycles. The summed E-state index contributed by atoms with van der Waals surface area (Å²) in [6.45, 7) is 1.81. The van der Waals surface area contributed by atoms with Crippen LogP contribution in [0, 0.1) is 0 Å². The monoisotopic (exact) mass is 457 g/mol. The van der Waals surface area contributed by atoms with Crippen molar-refractivity contribution in [3.63, 3.8) is 0 Å². The molecular weight excluding hydrogens is 426 g/mol. The Morgan fingerprint density at radius 2 is 1.90 bits per heavy atom. The van der Waals surface area contributed by atoms with Crippen molar-refractivity contribution < 1.29 is 8.42 Å². The molecule has 1 aromatic carbocycles. The van der Waals surface area contributed by atoms with Crippen LogP contribution in [0.15, 0.2) is 41.9 Å². The first-order valence-corrected chi connectivity index (χ1v) is 14.0. The van der Waals surface area contributed by atoms with E-state index in [1.165, 1.54) is 47.1 Å².